The number of carbonyl (C=O) groups is 2. The van der Waals surface area contributed by atoms with E-state index in [4.69, 9.17) is 5.11 Å². The van der Waals surface area contributed by atoms with Crippen molar-refractivity contribution < 1.29 is 19.1 Å². The Bertz CT molecular complexity index is 510. The predicted octanol–water partition coefficient (Wildman–Crippen LogP) is 3.08. The van der Waals surface area contributed by atoms with Crippen molar-refractivity contribution in [3.8, 4) is 0 Å². The van der Waals surface area contributed by atoms with Crippen LogP contribution < -0.4 is 10.6 Å². The molecule has 0 aromatic heterocycles. The van der Waals surface area contributed by atoms with Crippen molar-refractivity contribution in [2.24, 2.45) is 5.41 Å². The molecule has 0 aliphatic heterocycles. The highest BCUT2D eigenvalue weighted by Crippen LogP contribution is 2.18. The van der Waals surface area contributed by atoms with Gasteiger partial charge in [-0.15, -0.1) is 0 Å². The minimum absolute atomic E-state index is 0.0622. The molecule has 0 bridgehead atoms. The zero-order valence-electron chi connectivity index (χ0n) is 11.8. The summed E-state index contributed by atoms with van der Waals surface area (Å²) >= 11 is 0. The summed E-state index contributed by atoms with van der Waals surface area (Å²) in [4.78, 5) is 22.6. The largest absolute Gasteiger partial charge is 0.478 e. The summed E-state index contributed by atoms with van der Waals surface area (Å²) < 4.78 is 13.0. The third-order valence-corrected chi connectivity index (χ3v) is 2.62. The summed E-state index contributed by atoms with van der Waals surface area (Å²) in [5.74, 6) is -1.96. The molecule has 0 aliphatic carbocycles. The van der Waals surface area contributed by atoms with Gasteiger partial charge in [-0.3, -0.25) is 0 Å². The van der Waals surface area contributed by atoms with Crippen LogP contribution in [0.5, 0.6) is 0 Å². The SMILES string of the molecule is CC(C)(C)CCNC(=O)Nc1ccc(F)cc1C(=O)O. The molecule has 0 atom stereocenters. The molecule has 1 aromatic rings. The fourth-order valence-electron chi connectivity index (χ4n) is 1.52. The van der Waals surface area contributed by atoms with Crippen LogP contribution in [-0.2, 0) is 0 Å². The summed E-state index contributed by atoms with van der Waals surface area (Å²) in [6.45, 7) is 6.62. The molecular formula is C14H19FN2O3. The van der Waals surface area contributed by atoms with Gasteiger partial charge in [0.05, 0.1) is 11.3 Å². The van der Waals surface area contributed by atoms with E-state index in [1.54, 1.807) is 0 Å². The Labute approximate surface area is 117 Å². The van der Waals surface area contributed by atoms with Gasteiger partial charge in [0.15, 0.2) is 0 Å². The molecule has 110 valence electrons. The number of amides is 2. The maximum absolute atomic E-state index is 13.0. The van der Waals surface area contributed by atoms with Crippen LogP contribution in [0.15, 0.2) is 18.2 Å². The smallest absolute Gasteiger partial charge is 0.337 e. The first-order valence-corrected chi connectivity index (χ1v) is 6.27. The molecule has 5 nitrogen and oxygen atoms in total. The Morgan fingerprint density at radius 3 is 2.50 bits per heavy atom. The molecule has 0 saturated carbocycles. The van der Waals surface area contributed by atoms with Crippen molar-refractivity contribution in [3.05, 3.63) is 29.6 Å². The summed E-state index contributed by atoms with van der Waals surface area (Å²) in [6.07, 6.45) is 0.787. The fraction of sp³-hybridized carbons (Fsp3) is 0.429. The quantitative estimate of drug-likeness (QED) is 0.794. The molecule has 0 fully saturated rings. The molecule has 1 rings (SSSR count). The van der Waals surface area contributed by atoms with Gasteiger partial charge in [-0.25, -0.2) is 14.0 Å². The van der Waals surface area contributed by atoms with Gasteiger partial charge >= 0.3 is 12.0 Å². The van der Waals surface area contributed by atoms with Crippen molar-refractivity contribution in [1.29, 1.82) is 0 Å². The molecule has 3 N–H and O–H groups in total. The van der Waals surface area contributed by atoms with Crippen molar-refractivity contribution in [2.75, 3.05) is 11.9 Å². The monoisotopic (exact) mass is 282 g/mol. The fourth-order valence-corrected chi connectivity index (χ4v) is 1.52. The second-order valence-electron chi connectivity index (χ2n) is 5.69. The number of hydrogen-bond donors (Lipinski definition) is 3. The van der Waals surface area contributed by atoms with E-state index < -0.39 is 17.8 Å². The summed E-state index contributed by atoms with van der Waals surface area (Å²) in [7, 11) is 0. The molecular weight excluding hydrogens is 263 g/mol. The van der Waals surface area contributed by atoms with Crippen LogP contribution in [0, 0.1) is 11.2 Å². The van der Waals surface area contributed by atoms with E-state index in [2.05, 4.69) is 31.4 Å². The number of anilines is 1. The first-order chi connectivity index (χ1) is 9.19. The minimum Gasteiger partial charge on any atom is -0.478 e. The van der Waals surface area contributed by atoms with Crippen LogP contribution in [0.25, 0.3) is 0 Å². The standard InChI is InChI=1S/C14H19FN2O3/c1-14(2,3)6-7-16-13(20)17-11-5-4-9(15)8-10(11)12(18)19/h4-5,8H,6-7H2,1-3H3,(H,18,19)(H2,16,17,20). The molecule has 0 saturated heterocycles. The Kier molecular flexibility index (Phi) is 5.07. The first-order valence-electron chi connectivity index (χ1n) is 6.27. The topological polar surface area (TPSA) is 78.4 Å². The molecule has 0 aliphatic rings. The number of rotatable bonds is 4. The number of aromatic carboxylic acids is 1. The highest BCUT2D eigenvalue weighted by Gasteiger charge is 2.14. The van der Waals surface area contributed by atoms with E-state index in [-0.39, 0.29) is 16.7 Å². The lowest BCUT2D eigenvalue weighted by atomic mass is 9.92. The molecule has 0 spiro atoms. The third-order valence-electron chi connectivity index (χ3n) is 2.62. The van der Waals surface area contributed by atoms with E-state index in [0.29, 0.717) is 6.54 Å². The van der Waals surface area contributed by atoms with Gasteiger partial charge in [0.2, 0.25) is 0 Å². The molecule has 0 radical (unpaired) electrons. The Morgan fingerprint density at radius 2 is 1.95 bits per heavy atom. The van der Waals surface area contributed by atoms with Gasteiger partial charge in [-0.2, -0.15) is 0 Å². The van der Waals surface area contributed by atoms with Crippen molar-refractivity contribution >= 4 is 17.7 Å². The predicted molar refractivity (Wildman–Crippen MR) is 74.5 cm³/mol. The Morgan fingerprint density at radius 1 is 1.30 bits per heavy atom. The van der Waals surface area contributed by atoms with Crippen LogP contribution in [0.4, 0.5) is 14.9 Å². The van der Waals surface area contributed by atoms with Crippen molar-refractivity contribution in [1.82, 2.24) is 5.32 Å². The normalized spacial score (nSPS) is 11.0. The molecule has 2 amide bonds. The van der Waals surface area contributed by atoms with Crippen LogP contribution in [0.3, 0.4) is 0 Å². The number of hydrogen-bond acceptors (Lipinski definition) is 2. The lowest BCUT2D eigenvalue weighted by molar-refractivity contribution is 0.0697. The van der Waals surface area contributed by atoms with Crippen molar-refractivity contribution in [3.63, 3.8) is 0 Å². The van der Waals surface area contributed by atoms with E-state index in [0.717, 1.165) is 18.6 Å². The van der Waals surface area contributed by atoms with Crippen LogP contribution >= 0.6 is 0 Å². The number of urea groups is 1. The Balaban J connectivity index is 2.64. The van der Waals surface area contributed by atoms with Crippen LogP contribution in [-0.4, -0.2) is 23.7 Å². The van der Waals surface area contributed by atoms with E-state index in [9.17, 15) is 14.0 Å². The highest BCUT2D eigenvalue weighted by molar-refractivity contribution is 5.99. The summed E-state index contributed by atoms with van der Waals surface area (Å²) in [5.41, 5.74) is -0.127. The minimum atomic E-state index is -1.30. The molecule has 20 heavy (non-hydrogen) atoms. The van der Waals surface area contributed by atoms with E-state index in [1.807, 2.05) is 0 Å². The highest BCUT2D eigenvalue weighted by atomic mass is 19.1. The summed E-state index contributed by atoms with van der Waals surface area (Å²) in [5, 5.41) is 14.0. The van der Waals surface area contributed by atoms with Gasteiger partial charge in [0.1, 0.15) is 5.82 Å². The number of nitrogens with one attached hydrogen (secondary N) is 2. The van der Waals surface area contributed by atoms with Crippen molar-refractivity contribution in [2.45, 2.75) is 27.2 Å². The van der Waals surface area contributed by atoms with Gasteiger partial charge in [0.25, 0.3) is 0 Å². The maximum atomic E-state index is 13.0. The lowest BCUT2D eigenvalue weighted by Crippen LogP contribution is -2.31. The van der Waals surface area contributed by atoms with Crippen LogP contribution in [0.1, 0.15) is 37.6 Å². The second kappa shape index (κ2) is 6.36. The Hall–Kier alpha value is -2.11. The van der Waals surface area contributed by atoms with Gasteiger partial charge in [-0.1, -0.05) is 20.8 Å². The summed E-state index contributed by atoms with van der Waals surface area (Å²) in [6, 6.07) is 2.68. The van der Waals surface area contributed by atoms with Gasteiger partial charge in [-0.05, 0) is 30.0 Å². The van der Waals surface area contributed by atoms with Crippen LogP contribution in [0.2, 0.25) is 0 Å². The number of carbonyl (C=O) groups excluding carboxylic acids is 1. The number of carboxylic acid groups (broad SMARTS) is 1. The number of halogens is 1. The number of benzene rings is 1. The lowest BCUT2D eigenvalue weighted by Gasteiger charge is -2.18. The van der Waals surface area contributed by atoms with E-state index >= 15 is 0 Å². The zero-order valence-corrected chi connectivity index (χ0v) is 11.8. The first kappa shape index (κ1) is 15.9. The average molecular weight is 282 g/mol. The number of carboxylic acids is 1. The molecule has 1 aromatic carbocycles. The second-order valence-corrected chi connectivity index (χ2v) is 5.69. The zero-order chi connectivity index (χ0) is 15.3. The maximum Gasteiger partial charge on any atom is 0.337 e. The molecule has 0 unspecified atom stereocenters. The van der Waals surface area contributed by atoms with Gasteiger partial charge in [0, 0.05) is 6.54 Å². The average Bonchev–Trinajstić information content (AvgIpc) is 2.29. The third kappa shape index (κ3) is 5.26. The molecule has 0 heterocycles. The van der Waals surface area contributed by atoms with E-state index in [1.165, 1.54) is 6.07 Å². The van der Waals surface area contributed by atoms with Gasteiger partial charge < -0.3 is 15.7 Å². The molecule has 6 heteroatoms.